The van der Waals surface area contributed by atoms with Gasteiger partial charge in [0.1, 0.15) is 0 Å². The minimum absolute atomic E-state index is 0.643. The first kappa shape index (κ1) is 25.4. The van der Waals surface area contributed by atoms with E-state index in [-0.39, 0.29) is 0 Å². The Morgan fingerprint density at radius 2 is 0.844 bits per heavy atom. The zero-order valence-electron chi connectivity index (χ0n) is 24.3. The molecule has 0 spiro atoms. The van der Waals surface area contributed by atoms with Crippen LogP contribution in [0.25, 0.3) is 83.2 Å². The summed E-state index contributed by atoms with van der Waals surface area (Å²) in [6, 6.07) is 55.1. The van der Waals surface area contributed by atoms with Crippen LogP contribution in [0.1, 0.15) is 0 Å². The molecule has 0 bridgehead atoms. The van der Waals surface area contributed by atoms with Crippen molar-refractivity contribution in [3.05, 3.63) is 158 Å². The van der Waals surface area contributed by atoms with Crippen molar-refractivity contribution < 1.29 is 0 Å². The lowest BCUT2D eigenvalue weighted by atomic mass is 10.00. The quantitative estimate of drug-likeness (QED) is 0.196. The first-order chi connectivity index (χ1) is 22.3. The van der Waals surface area contributed by atoms with Gasteiger partial charge >= 0.3 is 0 Å². The average molecular weight is 575 g/mol. The van der Waals surface area contributed by atoms with Crippen molar-refractivity contribution in [3.8, 4) is 39.9 Å². The summed E-state index contributed by atoms with van der Waals surface area (Å²) in [4.78, 5) is 14.9. The second-order valence-corrected chi connectivity index (χ2v) is 11.3. The third-order valence-corrected chi connectivity index (χ3v) is 8.62. The van der Waals surface area contributed by atoms with E-state index in [2.05, 4.69) is 102 Å². The van der Waals surface area contributed by atoms with E-state index in [0.717, 1.165) is 33.4 Å². The van der Waals surface area contributed by atoms with Gasteiger partial charge in [-0.1, -0.05) is 140 Å². The fraction of sp³-hybridized carbons (Fsp3) is 0. The molecule has 0 saturated heterocycles. The lowest BCUT2D eigenvalue weighted by molar-refractivity contribution is 1.07. The second-order valence-electron chi connectivity index (χ2n) is 11.3. The number of fused-ring (bicyclic) bond motifs is 6. The van der Waals surface area contributed by atoms with Crippen LogP contribution in [0.2, 0.25) is 0 Å². The summed E-state index contributed by atoms with van der Waals surface area (Å²) in [5.74, 6) is 1.95. The molecule has 2 aromatic heterocycles. The molecule has 0 atom stereocenters. The molecule has 210 valence electrons. The second kappa shape index (κ2) is 10.2. The summed E-state index contributed by atoms with van der Waals surface area (Å²) in [6.07, 6.45) is 0. The number of aromatic nitrogens is 4. The van der Waals surface area contributed by atoms with Crippen LogP contribution in [0, 0.1) is 0 Å². The Morgan fingerprint density at radius 3 is 1.53 bits per heavy atom. The molecule has 7 aromatic carbocycles. The SMILES string of the molecule is c1ccc(-c2nc(-c3ccccc3)nc(-c3ccc4c5ccccc5n(-c5cc6ccccc6c6ccccc56)c4c3)n2)cc1. The molecule has 4 nitrogen and oxygen atoms in total. The van der Waals surface area contributed by atoms with Crippen molar-refractivity contribution in [2.75, 3.05) is 0 Å². The van der Waals surface area contributed by atoms with Gasteiger partial charge in [-0.25, -0.2) is 15.0 Å². The number of benzene rings is 7. The predicted octanol–water partition coefficient (Wildman–Crippen LogP) is 10.3. The molecule has 0 unspecified atom stereocenters. The van der Waals surface area contributed by atoms with Crippen LogP contribution in [-0.4, -0.2) is 19.5 Å². The van der Waals surface area contributed by atoms with Crippen LogP contribution >= 0.6 is 0 Å². The minimum Gasteiger partial charge on any atom is -0.309 e. The van der Waals surface area contributed by atoms with Crippen molar-refractivity contribution >= 4 is 43.4 Å². The maximum Gasteiger partial charge on any atom is 0.164 e. The number of rotatable bonds is 4. The van der Waals surface area contributed by atoms with Crippen LogP contribution in [0.15, 0.2) is 158 Å². The van der Waals surface area contributed by atoms with Crippen LogP contribution in [0.4, 0.5) is 0 Å². The summed E-state index contributed by atoms with van der Waals surface area (Å²) in [7, 11) is 0. The highest BCUT2D eigenvalue weighted by Crippen LogP contribution is 2.39. The van der Waals surface area contributed by atoms with Gasteiger partial charge in [0, 0.05) is 32.8 Å². The predicted molar refractivity (Wildman–Crippen MR) is 185 cm³/mol. The van der Waals surface area contributed by atoms with E-state index in [0.29, 0.717) is 17.5 Å². The van der Waals surface area contributed by atoms with Gasteiger partial charge in [-0.2, -0.15) is 0 Å². The molecule has 0 amide bonds. The Morgan fingerprint density at radius 1 is 0.333 bits per heavy atom. The van der Waals surface area contributed by atoms with Crippen molar-refractivity contribution in [2.45, 2.75) is 0 Å². The topological polar surface area (TPSA) is 43.6 Å². The van der Waals surface area contributed by atoms with E-state index in [1.807, 2.05) is 60.7 Å². The van der Waals surface area contributed by atoms with Crippen LogP contribution in [0.5, 0.6) is 0 Å². The molecule has 0 aliphatic heterocycles. The van der Waals surface area contributed by atoms with E-state index in [4.69, 9.17) is 15.0 Å². The van der Waals surface area contributed by atoms with E-state index in [9.17, 15) is 0 Å². The first-order valence-electron chi connectivity index (χ1n) is 15.1. The van der Waals surface area contributed by atoms with Gasteiger partial charge in [0.25, 0.3) is 0 Å². The summed E-state index contributed by atoms with van der Waals surface area (Å²) in [5.41, 5.74) is 6.27. The van der Waals surface area contributed by atoms with Gasteiger partial charge in [-0.05, 0) is 34.4 Å². The Hall–Kier alpha value is -6.13. The highest BCUT2D eigenvalue weighted by atomic mass is 15.0. The van der Waals surface area contributed by atoms with Crippen molar-refractivity contribution in [1.82, 2.24) is 19.5 Å². The Balaban J connectivity index is 1.34. The van der Waals surface area contributed by atoms with E-state index in [1.165, 1.54) is 32.3 Å². The summed E-state index contributed by atoms with van der Waals surface area (Å²) in [6.45, 7) is 0. The van der Waals surface area contributed by atoms with Gasteiger partial charge in [-0.3, -0.25) is 0 Å². The van der Waals surface area contributed by atoms with Crippen molar-refractivity contribution in [2.24, 2.45) is 0 Å². The summed E-state index contributed by atoms with van der Waals surface area (Å²) in [5, 5.41) is 7.32. The molecule has 9 rings (SSSR count). The molecule has 0 radical (unpaired) electrons. The average Bonchev–Trinajstić information content (AvgIpc) is 3.45. The van der Waals surface area contributed by atoms with E-state index in [1.54, 1.807) is 0 Å². The molecule has 0 aliphatic carbocycles. The lowest BCUT2D eigenvalue weighted by Gasteiger charge is -2.15. The fourth-order valence-corrected chi connectivity index (χ4v) is 6.53. The standard InChI is InChI=1S/C41H26N4/c1-3-13-27(14-4-1)39-42-40(28-15-5-2-6-16-28)44-41(43-39)30-23-24-35-34-21-11-12-22-36(34)45(38(35)26-30)37-25-29-17-7-8-18-31(29)32-19-9-10-20-33(32)37/h1-26H. The van der Waals surface area contributed by atoms with E-state index >= 15 is 0 Å². The highest BCUT2D eigenvalue weighted by molar-refractivity contribution is 6.15. The van der Waals surface area contributed by atoms with Gasteiger partial charge in [0.05, 0.1) is 16.7 Å². The molecule has 45 heavy (non-hydrogen) atoms. The van der Waals surface area contributed by atoms with Crippen molar-refractivity contribution in [1.29, 1.82) is 0 Å². The Kier molecular flexibility index (Phi) is 5.78. The third kappa shape index (κ3) is 4.19. The molecule has 0 fully saturated rings. The number of nitrogens with zero attached hydrogens (tertiary/aromatic N) is 4. The lowest BCUT2D eigenvalue weighted by Crippen LogP contribution is -2.00. The largest absolute Gasteiger partial charge is 0.309 e. The van der Waals surface area contributed by atoms with Crippen LogP contribution < -0.4 is 0 Å². The molecule has 0 N–H and O–H groups in total. The zero-order valence-corrected chi connectivity index (χ0v) is 24.3. The molecule has 2 heterocycles. The Labute approximate surface area is 259 Å². The van der Waals surface area contributed by atoms with Crippen LogP contribution in [0.3, 0.4) is 0 Å². The smallest absolute Gasteiger partial charge is 0.164 e. The Bertz CT molecular complexity index is 2470. The molecule has 0 aliphatic rings. The van der Waals surface area contributed by atoms with Gasteiger partial charge in [0.15, 0.2) is 17.5 Å². The molecular formula is C41H26N4. The highest BCUT2D eigenvalue weighted by Gasteiger charge is 2.18. The first-order valence-corrected chi connectivity index (χ1v) is 15.1. The molecule has 4 heteroatoms. The number of hydrogen-bond donors (Lipinski definition) is 0. The summed E-state index contributed by atoms with van der Waals surface area (Å²) < 4.78 is 2.40. The maximum atomic E-state index is 5.02. The number of hydrogen-bond acceptors (Lipinski definition) is 3. The number of para-hydroxylation sites is 1. The monoisotopic (exact) mass is 574 g/mol. The minimum atomic E-state index is 0.643. The molecule has 0 saturated carbocycles. The third-order valence-electron chi connectivity index (χ3n) is 8.62. The summed E-state index contributed by atoms with van der Waals surface area (Å²) >= 11 is 0. The zero-order chi connectivity index (χ0) is 29.7. The van der Waals surface area contributed by atoms with Gasteiger partial charge < -0.3 is 4.57 Å². The van der Waals surface area contributed by atoms with Crippen molar-refractivity contribution in [3.63, 3.8) is 0 Å². The van der Waals surface area contributed by atoms with Crippen LogP contribution in [-0.2, 0) is 0 Å². The van der Waals surface area contributed by atoms with E-state index < -0.39 is 0 Å². The maximum absolute atomic E-state index is 5.02. The molecule has 9 aromatic rings. The molecular weight excluding hydrogens is 548 g/mol. The van der Waals surface area contributed by atoms with Gasteiger partial charge in [-0.15, -0.1) is 0 Å². The van der Waals surface area contributed by atoms with Gasteiger partial charge in [0.2, 0.25) is 0 Å². The fourth-order valence-electron chi connectivity index (χ4n) is 6.53. The normalized spacial score (nSPS) is 11.6.